The molecule has 8 aromatic rings. The van der Waals surface area contributed by atoms with Crippen molar-refractivity contribution in [3.63, 3.8) is 0 Å². The maximum absolute atomic E-state index is 14.8. The molecule has 552 valence electrons. The molecule has 6 fully saturated rings. The van der Waals surface area contributed by atoms with Crippen molar-refractivity contribution in [3.8, 4) is 22.5 Å². The average Bonchev–Trinajstić information content (AvgIpc) is 1.56. The summed E-state index contributed by atoms with van der Waals surface area (Å²) >= 11 is 0. The fourth-order valence-corrected chi connectivity index (χ4v) is 18.3. The summed E-state index contributed by atoms with van der Waals surface area (Å²) in [5, 5.41) is 12.6. The second-order valence-electron chi connectivity index (χ2n) is 31.3. The number of hydrogen-bond donors (Lipinski definition) is 4. The van der Waals surface area contributed by atoms with Gasteiger partial charge in [0, 0.05) is 128 Å². The van der Waals surface area contributed by atoms with Gasteiger partial charge in [-0.1, -0.05) is 69.5 Å². The number of anilines is 6. The van der Waals surface area contributed by atoms with Crippen molar-refractivity contribution < 1.29 is 32.8 Å². The van der Waals surface area contributed by atoms with E-state index in [1.165, 1.54) is 6.42 Å². The predicted molar refractivity (Wildman–Crippen MR) is 410 cm³/mol. The lowest BCUT2D eigenvalue weighted by Gasteiger charge is -2.48. The Kier molecular flexibility index (Phi) is 19.7. The number of alkyl halides is 2. The number of benzene rings is 4. The third-order valence-electron chi connectivity index (χ3n) is 25.1. The number of nitrogens with zero attached hydrogens (tertiary/aromatic N) is 11. The van der Waals surface area contributed by atoms with Gasteiger partial charge in [-0.25, -0.2) is 28.7 Å². The van der Waals surface area contributed by atoms with Crippen LogP contribution in [0.1, 0.15) is 199 Å². The zero-order valence-electron chi connectivity index (χ0n) is 62.3. The van der Waals surface area contributed by atoms with Crippen molar-refractivity contribution in [2.45, 2.75) is 217 Å². The van der Waals surface area contributed by atoms with E-state index in [4.69, 9.17) is 19.9 Å². The zero-order valence-corrected chi connectivity index (χ0v) is 62.3. The van der Waals surface area contributed by atoms with Crippen LogP contribution in [-0.2, 0) is 25.2 Å². The molecular formula is C83H101F2N15O5. The summed E-state index contributed by atoms with van der Waals surface area (Å²) in [6.45, 7) is 18.0. The third kappa shape index (κ3) is 13.0. The first-order valence-corrected chi connectivity index (χ1v) is 38.6. The van der Waals surface area contributed by atoms with Crippen LogP contribution in [0.5, 0.6) is 0 Å². The lowest BCUT2D eigenvalue weighted by atomic mass is 9.70. The van der Waals surface area contributed by atoms with Crippen LogP contribution in [0.25, 0.3) is 44.6 Å². The summed E-state index contributed by atoms with van der Waals surface area (Å²) in [5.41, 5.74) is 14.1. The molecule has 0 radical (unpaired) electrons. The van der Waals surface area contributed by atoms with Gasteiger partial charge < -0.3 is 45.1 Å². The Balaban J connectivity index is 0.000000169. The summed E-state index contributed by atoms with van der Waals surface area (Å²) < 4.78 is 33.0. The molecule has 9 heterocycles. The van der Waals surface area contributed by atoms with Gasteiger partial charge in [0.25, 0.3) is 11.8 Å². The van der Waals surface area contributed by atoms with E-state index < -0.39 is 23.2 Å². The van der Waals surface area contributed by atoms with E-state index >= 15 is 0 Å². The van der Waals surface area contributed by atoms with Gasteiger partial charge in [-0.2, -0.15) is 0 Å². The molecule has 4 N–H and O–H groups in total. The summed E-state index contributed by atoms with van der Waals surface area (Å²) in [5.74, 6) is 1.41. The minimum Gasteiger partial charge on any atom is -0.355 e. The van der Waals surface area contributed by atoms with E-state index in [9.17, 15) is 32.8 Å². The largest absolute Gasteiger partial charge is 0.355 e. The molecule has 4 aromatic carbocycles. The molecule has 16 rings (SSSR count). The van der Waals surface area contributed by atoms with Gasteiger partial charge in [0.15, 0.2) is 11.6 Å². The Morgan fingerprint density at radius 3 is 1.37 bits per heavy atom. The molecular weight excluding hydrogens is 1330 g/mol. The number of carbonyl (C=O) groups is 5. The van der Waals surface area contributed by atoms with Crippen molar-refractivity contribution in [2.24, 2.45) is 0 Å². The molecule has 0 unspecified atom stereocenters. The number of piperidine rings is 3. The zero-order chi connectivity index (χ0) is 73.3. The Morgan fingerprint density at radius 1 is 0.543 bits per heavy atom. The number of carbonyl (C=O) groups excluding carboxylic acids is 5. The minimum atomic E-state index is -0.783. The number of hydrogen-bond acceptors (Lipinski definition) is 13. The Morgan fingerprint density at radius 2 is 0.971 bits per heavy atom. The fourth-order valence-electron chi connectivity index (χ4n) is 18.3. The van der Waals surface area contributed by atoms with Gasteiger partial charge in [0.2, 0.25) is 17.7 Å². The molecule has 3 saturated heterocycles. The highest BCUT2D eigenvalue weighted by Crippen LogP contribution is 2.55. The molecule has 0 bridgehead atoms. The minimum absolute atomic E-state index is 0.0247. The normalized spacial score (nSPS) is 23.3. The van der Waals surface area contributed by atoms with Crippen LogP contribution < -0.4 is 31.1 Å². The summed E-state index contributed by atoms with van der Waals surface area (Å²) in [6.07, 6.45) is 16.8. The van der Waals surface area contributed by atoms with Crippen LogP contribution >= 0.6 is 0 Å². The first kappa shape index (κ1) is 71.5. The highest BCUT2D eigenvalue weighted by Gasteiger charge is 2.57. The highest BCUT2D eigenvalue weighted by atomic mass is 19.1. The number of pyridine rings is 2. The van der Waals surface area contributed by atoms with E-state index in [0.717, 1.165) is 180 Å². The molecule has 22 heteroatoms. The molecule has 3 saturated carbocycles. The second kappa shape index (κ2) is 29.0. The highest BCUT2D eigenvalue weighted by molar-refractivity contribution is 6.11. The van der Waals surface area contributed by atoms with E-state index in [-0.39, 0.29) is 59.7 Å². The number of halogens is 2. The number of nitrogens with one attached hydrogen (secondary N) is 4. The number of aromatic nitrogens is 6. The summed E-state index contributed by atoms with van der Waals surface area (Å²) in [4.78, 5) is 97.8. The van der Waals surface area contributed by atoms with E-state index in [1.54, 1.807) is 21.0 Å². The van der Waals surface area contributed by atoms with E-state index in [1.807, 2.05) is 84.8 Å². The van der Waals surface area contributed by atoms with Crippen molar-refractivity contribution in [2.75, 3.05) is 73.8 Å². The fraction of sp³-hybridized carbons (Fsp3) is 0.506. The van der Waals surface area contributed by atoms with Crippen LogP contribution in [0.2, 0.25) is 0 Å². The van der Waals surface area contributed by atoms with Crippen LogP contribution in [-0.4, -0.2) is 163 Å². The van der Waals surface area contributed by atoms with Gasteiger partial charge in [-0.15, -0.1) is 0 Å². The standard InChI is InChI=1S/C42H51FN8O3.C41H50FN7O2/c1-6-26(3)50-24-45-36-22-35(47-39(38(36)50)46-30-11-9-25(2)33(19-30)40(53)44-5)28-10-12-34-37(18-28)51(32-20-31(21-32)49-15-7-8-29(43)23-49)41(54)42(34)13-16-48(17-14-42)27(4)52;1-5-26(3)48-24-44-35-22-34(46-38(37(35)48)45-29-13-11-25(2)32(19-29)39(50)43-4)27-12-14-33-36(18-27)49(40(51)41(33)15-7-6-8-16-41)31-20-30(21-31)47-17-9-10-28(42)23-47/h9-12,18-19,22,24,26,29,31-32H,6-8,13-17,20-21,23H2,1-5H3,(H,44,53)(H,46,47);11-14,18-19,22,24,26,28,30-31H,5-10,15-17,20-21,23H2,1-4H3,(H,43,50)(H,45,46)/t26-,29+,31?,32?;26-,28+,30?,31?/m00/s1. The topological polar surface area (TPSA) is 211 Å². The Labute approximate surface area is 614 Å². The summed E-state index contributed by atoms with van der Waals surface area (Å²) in [7, 11) is 3.27. The quantitative estimate of drug-likeness (QED) is 0.0710. The average molecular weight is 1430 g/mol. The number of fused-ring (bicyclic) bond motifs is 6. The van der Waals surface area contributed by atoms with Crippen LogP contribution in [0.4, 0.5) is 43.2 Å². The van der Waals surface area contributed by atoms with Gasteiger partial charge in [-0.05, 0) is 201 Å². The maximum atomic E-state index is 14.8. The van der Waals surface area contributed by atoms with Crippen LogP contribution in [0, 0.1) is 13.8 Å². The third-order valence-corrected chi connectivity index (χ3v) is 25.1. The SMILES string of the molecule is CC[C@H](C)n1cnc2cc(-c3ccc4c(c3)N(C3CC(N5CCC[C@@H](F)C5)C3)C(=O)C43CCCCC3)nc(Nc3ccc(C)c(C(=O)NC)c3)c21.CC[C@H](C)n1cnc2cc(-c3ccc4c(c3)N(C3CC(N5CCC[C@@H](F)C5)C3)C(=O)C43CCN(C(C)=O)CC3)nc(Nc3ccc(C)c(C(=O)NC)c3)c21. The van der Waals surface area contributed by atoms with Gasteiger partial charge in [0.05, 0.1) is 45.9 Å². The molecule has 2 spiro atoms. The monoisotopic (exact) mass is 1430 g/mol. The molecule has 5 amide bonds. The lowest BCUT2D eigenvalue weighted by Crippen LogP contribution is -2.59. The number of likely N-dealkylation sites (tertiary alicyclic amines) is 3. The van der Waals surface area contributed by atoms with Crippen molar-refractivity contribution >= 4 is 86.0 Å². The second-order valence-corrected chi connectivity index (χ2v) is 31.3. The number of aryl methyl sites for hydroxylation is 2. The molecule has 4 aromatic heterocycles. The van der Waals surface area contributed by atoms with Gasteiger partial charge in [0.1, 0.15) is 23.4 Å². The summed E-state index contributed by atoms with van der Waals surface area (Å²) in [6, 6.07) is 29.5. The van der Waals surface area contributed by atoms with Gasteiger partial charge in [-0.3, -0.25) is 33.8 Å². The van der Waals surface area contributed by atoms with Crippen LogP contribution in [0.15, 0.2) is 97.6 Å². The van der Waals surface area contributed by atoms with Crippen molar-refractivity contribution in [1.82, 2.24) is 54.4 Å². The molecule has 4 atom stereocenters. The van der Waals surface area contributed by atoms with Crippen molar-refractivity contribution in [1.29, 1.82) is 0 Å². The number of rotatable bonds is 16. The first-order chi connectivity index (χ1) is 50.7. The predicted octanol–water partition coefficient (Wildman–Crippen LogP) is 14.7. The first-order valence-electron chi connectivity index (χ1n) is 38.6. The maximum Gasteiger partial charge on any atom is 0.251 e. The smallest absolute Gasteiger partial charge is 0.251 e. The number of imidazole rings is 2. The van der Waals surface area contributed by atoms with Gasteiger partial charge >= 0.3 is 0 Å². The molecule has 105 heavy (non-hydrogen) atoms. The van der Waals surface area contributed by atoms with Crippen LogP contribution in [0.3, 0.4) is 0 Å². The van der Waals surface area contributed by atoms with E-state index in [2.05, 4.69) is 109 Å². The number of amides is 5. The molecule has 5 aliphatic heterocycles. The molecule has 20 nitrogen and oxygen atoms in total. The Hall–Kier alpha value is -9.15. The van der Waals surface area contributed by atoms with Crippen molar-refractivity contribution in [3.05, 3.63) is 131 Å². The Bertz CT molecular complexity index is 4680. The molecule has 3 aliphatic carbocycles. The van der Waals surface area contributed by atoms with E-state index in [0.29, 0.717) is 80.7 Å². The molecule has 8 aliphatic rings. The lowest BCUT2D eigenvalue weighted by molar-refractivity contribution is -0.134.